The van der Waals surface area contributed by atoms with Crippen molar-refractivity contribution >= 4 is 26.9 Å². The van der Waals surface area contributed by atoms with E-state index in [0.29, 0.717) is 0 Å². The van der Waals surface area contributed by atoms with E-state index in [2.05, 4.69) is 20.7 Å². The molecule has 0 aromatic heterocycles. The van der Waals surface area contributed by atoms with E-state index < -0.39 is 11.0 Å². The minimum Gasteiger partial charge on any atom is -0.237 e. The lowest BCUT2D eigenvalue weighted by molar-refractivity contribution is 0.672. The molecule has 0 saturated carbocycles. The van der Waals surface area contributed by atoms with Gasteiger partial charge < -0.3 is 0 Å². The number of hydrogen-bond acceptors (Lipinski definition) is 1. The van der Waals surface area contributed by atoms with Crippen LogP contribution in [-0.2, 0) is 17.4 Å². The zero-order valence-corrected chi connectivity index (χ0v) is 9.45. The molecule has 0 bridgehead atoms. The van der Waals surface area contributed by atoms with Crippen molar-refractivity contribution in [1.82, 2.24) is 4.72 Å². The summed E-state index contributed by atoms with van der Waals surface area (Å²) in [4.78, 5) is 0.923. The Morgan fingerprint density at radius 2 is 2.31 bits per heavy atom. The van der Waals surface area contributed by atoms with Gasteiger partial charge in [-0.3, -0.25) is 0 Å². The second-order valence-electron chi connectivity index (χ2n) is 3.02. The maximum atomic E-state index is 11.6. The number of fused-ring (bicyclic) bond motifs is 1. The molecule has 0 radical (unpaired) electrons. The first-order valence-electron chi connectivity index (χ1n) is 4.21. The van der Waals surface area contributed by atoms with Crippen molar-refractivity contribution in [3.63, 3.8) is 0 Å². The zero-order chi connectivity index (χ0) is 9.26. The van der Waals surface area contributed by atoms with Crippen LogP contribution in [0, 0.1) is 0 Å². The van der Waals surface area contributed by atoms with Gasteiger partial charge in [-0.05, 0) is 30.5 Å². The number of nitrogens with one attached hydrogen (secondary N) is 1. The van der Waals surface area contributed by atoms with E-state index in [-0.39, 0.29) is 0 Å². The third-order valence-electron chi connectivity index (χ3n) is 2.08. The van der Waals surface area contributed by atoms with E-state index in [4.69, 9.17) is 0 Å². The molecule has 1 heterocycles. The van der Waals surface area contributed by atoms with Gasteiger partial charge in [0.2, 0.25) is 0 Å². The summed E-state index contributed by atoms with van der Waals surface area (Å²) in [7, 11) is -1.02. The van der Waals surface area contributed by atoms with Gasteiger partial charge in [0.25, 0.3) is 0 Å². The molecule has 13 heavy (non-hydrogen) atoms. The molecule has 70 valence electrons. The summed E-state index contributed by atoms with van der Waals surface area (Å²) in [5.41, 5.74) is 1.20. The minimum atomic E-state index is -1.02. The van der Waals surface area contributed by atoms with Crippen LogP contribution in [0.2, 0.25) is 0 Å². The van der Waals surface area contributed by atoms with Gasteiger partial charge in [0, 0.05) is 11.0 Å². The van der Waals surface area contributed by atoms with Gasteiger partial charge in [0.15, 0.2) is 0 Å². The Labute approximate surface area is 88.4 Å². The average Bonchev–Trinajstić information content (AvgIpc) is 2.29. The van der Waals surface area contributed by atoms with Crippen LogP contribution in [0.25, 0.3) is 0 Å². The van der Waals surface area contributed by atoms with Crippen LogP contribution in [-0.4, -0.2) is 10.8 Å². The minimum absolute atomic E-state index is 0.832. The molecule has 0 spiro atoms. The number of benzene rings is 1. The van der Waals surface area contributed by atoms with Crippen LogP contribution in [0.3, 0.4) is 0 Å². The van der Waals surface area contributed by atoms with E-state index in [1.807, 2.05) is 18.2 Å². The highest BCUT2D eigenvalue weighted by atomic mass is 79.9. The summed E-state index contributed by atoms with van der Waals surface area (Å²) in [6.45, 7) is 0.832. The molecule has 1 atom stereocenters. The summed E-state index contributed by atoms with van der Waals surface area (Å²) in [6, 6.07) is 5.98. The lowest BCUT2D eigenvalue weighted by Crippen LogP contribution is -2.16. The van der Waals surface area contributed by atoms with E-state index in [1.54, 1.807) is 0 Å². The van der Waals surface area contributed by atoms with Gasteiger partial charge >= 0.3 is 0 Å². The largest absolute Gasteiger partial charge is 0.237 e. The molecule has 1 aromatic rings. The van der Waals surface area contributed by atoms with Crippen LogP contribution >= 0.6 is 15.9 Å². The molecule has 0 fully saturated rings. The van der Waals surface area contributed by atoms with Crippen LogP contribution in [0.5, 0.6) is 0 Å². The molecule has 1 N–H and O–H groups in total. The van der Waals surface area contributed by atoms with E-state index in [1.165, 1.54) is 5.56 Å². The first-order chi connectivity index (χ1) is 6.27. The topological polar surface area (TPSA) is 29.1 Å². The van der Waals surface area contributed by atoms with Crippen LogP contribution in [0.1, 0.15) is 12.0 Å². The highest BCUT2D eigenvalue weighted by molar-refractivity contribution is 9.10. The molecule has 2 nitrogen and oxygen atoms in total. The van der Waals surface area contributed by atoms with Gasteiger partial charge in [-0.25, -0.2) is 8.93 Å². The Morgan fingerprint density at radius 3 is 3.15 bits per heavy atom. The summed E-state index contributed by atoms with van der Waals surface area (Å²) < 4.78 is 15.6. The predicted octanol–water partition coefficient (Wildman–Crippen LogP) is 2.01. The Morgan fingerprint density at radius 1 is 1.46 bits per heavy atom. The average molecular weight is 260 g/mol. The molecule has 1 unspecified atom stereocenters. The molecule has 1 aromatic carbocycles. The van der Waals surface area contributed by atoms with Crippen molar-refractivity contribution in [3.8, 4) is 0 Å². The van der Waals surface area contributed by atoms with Crippen LogP contribution in [0.4, 0.5) is 0 Å². The SMILES string of the molecule is O=S1NCCCc2ccc(Br)cc21. The molecule has 0 amide bonds. The standard InChI is InChI=1S/C9H10BrNOS/c10-8-4-3-7-2-1-5-11-13(12)9(7)6-8/h3-4,6,11H,1-2,5H2. The smallest absolute Gasteiger partial charge is 0.125 e. The highest BCUT2D eigenvalue weighted by Gasteiger charge is 2.13. The number of hydrogen-bond donors (Lipinski definition) is 1. The maximum Gasteiger partial charge on any atom is 0.125 e. The first-order valence-corrected chi connectivity index (χ1v) is 6.15. The normalized spacial score (nSPS) is 22.1. The van der Waals surface area contributed by atoms with Crippen molar-refractivity contribution in [2.75, 3.05) is 6.54 Å². The van der Waals surface area contributed by atoms with E-state index in [9.17, 15) is 4.21 Å². The maximum absolute atomic E-state index is 11.6. The Hall–Kier alpha value is -0.190. The molecule has 0 saturated heterocycles. The molecule has 2 rings (SSSR count). The highest BCUT2D eigenvalue weighted by Crippen LogP contribution is 2.22. The number of aryl methyl sites for hydroxylation is 1. The fourth-order valence-corrected chi connectivity index (χ4v) is 3.07. The summed E-state index contributed by atoms with van der Waals surface area (Å²) >= 11 is 3.38. The van der Waals surface area contributed by atoms with Gasteiger partial charge in [0.05, 0.1) is 4.90 Å². The second-order valence-corrected chi connectivity index (χ2v) is 5.20. The summed E-state index contributed by atoms with van der Waals surface area (Å²) in [5, 5.41) is 0. The van der Waals surface area contributed by atoms with Gasteiger partial charge in [-0.1, -0.05) is 22.0 Å². The molecule has 0 aliphatic carbocycles. The second kappa shape index (κ2) is 3.90. The van der Waals surface area contributed by atoms with Gasteiger partial charge in [0.1, 0.15) is 11.0 Å². The van der Waals surface area contributed by atoms with Crippen molar-refractivity contribution in [1.29, 1.82) is 0 Å². The lowest BCUT2D eigenvalue weighted by Gasteiger charge is -2.04. The predicted molar refractivity (Wildman–Crippen MR) is 56.9 cm³/mol. The molecule has 4 heteroatoms. The third kappa shape index (κ3) is 2.00. The van der Waals surface area contributed by atoms with Crippen LogP contribution < -0.4 is 4.72 Å². The van der Waals surface area contributed by atoms with Crippen molar-refractivity contribution in [3.05, 3.63) is 28.2 Å². The van der Waals surface area contributed by atoms with Gasteiger partial charge in [-0.15, -0.1) is 0 Å². The van der Waals surface area contributed by atoms with Gasteiger partial charge in [-0.2, -0.15) is 0 Å². The third-order valence-corrected chi connectivity index (χ3v) is 3.82. The van der Waals surface area contributed by atoms with E-state index in [0.717, 1.165) is 28.8 Å². The van der Waals surface area contributed by atoms with Crippen molar-refractivity contribution < 1.29 is 4.21 Å². The van der Waals surface area contributed by atoms with Crippen LogP contribution in [0.15, 0.2) is 27.6 Å². The number of rotatable bonds is 0. The Balaban J connectivity index is 2.49. The van der Waals surface area contributed by atoms with Crippen molar-refractivity contribution in [2.24, 2.45) is 0 Å². The zero-order valence-electron chi connectivity index (χ0n) is 7.05. The molecule has 1 aliphatic rings. The van der Waals surface area contributed by atoms with E-state index >= 15 is 0 Å². The lowest BCUT2D eigenvalue weighted by atomic mass is 10.1. The first kappa shape index (κ1) is 9.37. The summed E-state index contributed by atoms with van der Waals surface area (Å²) in [6.07, 6.45) is 2.07. The molecular weight excluding hydrogens is 250 g/mol. The molecular formula is C9H10BrNOS. The monoisotopic (exact) mass is 259 g/mol. The Bertz CT molecular complexity index is 353. The van der Waals surface area contributed by atoms with Crippen molar-refractivity contribution in [2.45, 2.75) is 17.7 Å². The number of halogens is 1. The fraction of sp³-hybridized carbons (Fsp3) is 0.333. The fourth-order valence-electron chi connectivity index (χ4n) is 1.43. The molecule has 1 aliphatic heterocycles. The summed E-state index contributed by atoms with van der Waals surface area (Å²) in [5.74, 6) is 0. The Kier molecular flexibility index (Phi) is 2.81. The quantitative estimate of drug-likeness (QED) is 0.759.